The highest BCUT2D eigenvalue weighted by atomic mass is 15.1. The van der Waals surface area contributed by atoms with E-state index < -0.39 is 0 Å². The van der Waals surface area contributed by atoms with E-state index in [1.54, 1.807) is 0 Å². The summed E-state index contributed by atoms with van der Waals surface area (Å²) >= 11 is 0. The summed E-state index contributed by atoms with van der Waals surface area (Å²) in [5, 5.41) is 0. The van der Waals surface area contributed by atoms with Crippen LogP contribution in [0, 0.1) is 5.92 Å². The van der Waals surface area contributed by atoms with Crippen molar-refractivity contribution in [3.8, 4) is 17.1 Å². The molecule has 0 radical (unpaired) electrons. The van der Waals surface area contributed by atoms with E-state index in [2.05, 4.69) is 71.9 Å². The first-order valence-electron chi connectivity index (χ1n) is 7.89. The molecule has 4 rings (SSSR count). The summed E-state index contributed by atoms with van der Waals surface area (Å²) in [6.07, 6.45) is 5.19. The molecule has 0 spiro atoms. The molecule has 1 saturated carbocycles. The number of para-hydroxylation sites is 1. The molecule has 2 unspecified atom stereocenters. The van der Waals surface area contributed by atoms with Gasteiger partial charge < -0.3 is 0 Å². The Morgan fingerprint density at radius 2 is 1.73 bits per heavy atom. The molecule has 0 N–H and O–H groups in total. The smallest absolute Gasteiger partial charge is 0.144 e. The average Bonchev–Trinajstić information content (AvgIpc) is 2.99. The van der Waals surface area contributed by atoms with Gasteiger partial charge in [-0.1, -0.05) is 56.3 Å². The number of imidazole rings is 1. The van der Waals surface area contributed by atoms with Crippen LogP contribution in [0.1, 0.15) is 25.8 Å². The molecule has 0 amide bonds. The van der Waals surface area contributed by atoms with Crippen LogP contribution in [0.15, 0.2) is 67.0 Å². The maximum atomic E-state index is 4.65. The molecule has 0 saturated heterocycles. The van der Waals surface area contributed by atoms with Crippen LogP contribution in [0.25, 0.3) is 17.1 Å². The topological polar surface area (TPSA) is 17.8 Å². The SMILES string of the molecule is CC1CC1(C)c1ccccc1-c1nccn1-c1ccccc1. The largest absolute Gasteiger partial charge is 0.300 e. The second kappa shape index (κ2) is 4.84. The van der Waals surface area contributed by atoms with Crippen LogP contribution in [-0.4, -0.2) is 9.55 Å². The molecular weight excluding hydrogens is 268 g/mol. The maximum absolute atomic E-state index is 4.65. The standard InChI is InChI=1S/C20H20N2/c1-15-14-20(15,2)18-11-7-6-10-17(18)19-21-12-13-22(19)16-8-4-3-5-9-16/h3-13,15H,14H2,1-2H3. The Balaban J connectivity index is 1.87. The van der Waals surface area contributed by atoms with Gasteiger partial charge in [-0.05, 0) is 35.4 Å². The summed E-state index contributed by atoms with van der Waals surface area (Å²) in [6, 6.07) is 19.1. The van der Waals surface area contributed by atoms with Crippen molar-refractivity contribution < 1.29 is 0 Å². The molecule has 2 nitrogen and oxygen atoms in total. The lowest BCUT2D eigenvalue weighted by Gasteiger charge is -2.17. The van der Waals surface area contributed by atoms with Crippen LogP contribution in [0.2, 0.25) is 0 Å². The molecule has 0 aliphatic heterocycles. The van der Waals surface area contributed by atoms with Crippen LogP contribution in [-0.2, 0) is 5.41 Å². The van der Waals surface area contributed by atoms with E-state index in [1.807, 2.05) is 18.5 Å². The van der Waals surface area contributed by atoms with Crippen molar-refractivity contribution in [2.45, 2.75) is 25.7 Å². The van der Waals surface area contributed by atoms with Gasteiger partial charge in [-0.2, -0.15) is 0 Å². The highest BCUT2D eigenvalue weighted by Gasteiger charge is 2.49. The van der Waals surface area contributed by atoms with E-state index >= 15 is 0 Å². The first-order chi connectivity index (χ1) is 10.7. The fraction of sp³-hybridized carbons (Fsp3) is 0.250. The summed E-state index contributed by atoms with van der Waals surface area (Å²) < 4.78 is 2.18. The average molecular weight is 288 g/mol. The molecule has 3 aromatic rings. The fourth-order valence-corrected chi connectivity index (χ4v) is 3.43. The van der Waals surface area contributed by atoms with Gasteiger partial charge in [-0.3, -0.25) is 4.57 Å². The summed E-state index contributed by atoms with van der Waals surface area (Å²) in [5.41, 5.74) is 4.12. The molecule has 1 aromatic heterocycles. The summed E-state index contributed by atoms with van der Waals surface area (Å²) in [6.45, 7) is 4.70. The zero-order valence-electron chi connectivity index (χ0n) is 13.0. The van der Waals surface area contributed by atoms with Crippen molar-refractivity contribution in [2.75, 3.05) is 0 Å². The van der Waals surface area contributed by atoms with E-state index in [1.165, 1.54) is 17.5 Å². The van der Waals surface area contributed by atoms with E-state index in [9.17, 15) is 0 Å². The third kappa shape index (κ3) is 1.98. The molecule has 110 valence electrons. The van der Waals surface area contributed by atoms with Gasteiger partial charge >= 0.3 is 0 Å². The van der Waals surface area contributed by atoms with Crippen molar-refractivity contribution >= 4 is 0 Å². The molecule has 0 bridgehead atoms. The van der Waals surface area contributed by atoms with Crippen LogP contribution < -0.4 is 0 Å². The predicted molar refractivity (Wildman–Crippen MR) is 90.1 cm³/mol. The highest BCUT2D eigenvalue weighted by Crippen LogP contribution is 2.55. The van der Waals surface area contributed by atoms with Gasteiger partial charge in [0.25, 0.3) is 0 Å². The van der Waals surface area contributed by atoms with Crippen molar-refractivity contribution in [1.29, 1.82) is 0 Å². The van der Waals surface area contributed by atoms with Gasteiger partial charge in [-0.25, -0.2) is 4.98 Å². The monoisotopic (exact) mass is 288 g/mol. The molecule has 2 aromatic carbocycles. The van der Waals surface area contributed by atoms with E-state index in [4.69, 9.17) is 0 Å². The number of benzene rings is 2. The lowest BCUT2D eigenvalue weighted by molar-refractivity contribution is 0.702. The Morgan fingerprint density at radius 1 is 1.05 bits per heavy atom. The number of hydrogen-bond acceptors (Lipinski definition) is 1. The van der Waals surface area contributed by atoms with Gasteiger partial charge in [0.05, 0.1) is 0 Å². The number of hydrogen-bond donors (Lipinski definition) is 0. The molecule has 1 heterocycles. The Morgan fingerprint density at radius 3 is 2.45 bits per heavy atom. The molecule has 1 fully saturated rings. The number of aromatic nitrogens is 2. The van der Waals surface area contributed by atoms with Gasteiger partial charge in [0.1, 0.15) is 5.82 Å². The maximum Gasteiger partial charge on any atom is 0.144 e. The second-order valence-electron chi connectivity index (χ2n) is 6.52. The minimum Gasteiger partial charge on any atom is -0.300 e. The predicted octanol–water partition coefficient (Wildman–Crippen LogP) is 4.84. The summed E-state index contributed by atoms with van der Waals surface area (Å²) in [5.74, 6) is 1.77. The Hall–Kier alpha value is -2.35. The normalized spacial score (nSPS) is 23.5. The van der Waals surface area contributed by atoms with Gasteiger partial charge in [0.2, 0.25) is 0 Å². The third-order valence-corrected chi connectivity index (χ3v) is 5.12. The number of rotatable bonds is 3. The Bertz CT molecular complexity index is 803. The molecule has 1 aliphatic rings. The van der Waals surface area contributed by atoms with Crippen LogP contribution in [0.5, 0.6) is 0 Å². The fourth-order valence-electron chi connectivity index (χ4n) is 3.43. The zero-order chi connectivity index (χ0) is 15.2. The first kappa shape index (κ1) is 13.3. The van der Waals surface area contributed by atoms with Crippen molar-refractivity contribution in [3.63, 3.8) is 0 Å². The Kier molecular flexibility index (Phi) is 2.93. The number of nitrogens with zero attached hydrogens (tertiary/aromatic N) is 2. The van der Waals surface area contributed by atoms with Gasteiger partial charge in [-0.15, -0.1) is 0 Å². The third-order valence-electron chi connectivity index (χ3n) is 5.12. The quantitative estimate of drug-likeness (QED) is 0.674. The minimum atomic E-state index is 0.296. The van der Waals surface area contributed by atoms with E-state index in [0.717, 1.165) is 17.4 Å². The second-order valence-corrected chi connectivity index (χ2v) is 6.52. The molecule has 2 atom stereocenters. The highest BCUT2D eigenvalue weighted by molar-refractivity contribution is 5.66. The van der Waals surface area contributed by atoms with Crippen LogP contribution >= 0.6 is 0 Å². The van der Waals surface area contributed by atoms with E-state index in [0.29, 0.717) is 5.41 Å². The summed E-state index contributed by atoms with van der Waals surface area (Å²) in [7, 11) is 0. The van der Waals surface area contributed by atoms with Gasteiger partial charge in [0.15, 0.2) is 0 Å². The molecule has 1 aliphatic carbocycles. The Labute approximate surface area is 131 Å². The van der Waals surface area contributed by atoms with Crippen LogP contribution in [0.4, 0.5) is 0 Å². The minimum absolute atomic E-state index is 0.296. The van der Waals surface area contributed by atoms with Crippen molar-refractivity contribution in [1.82, 2.24) is 9.55 Å². The van der Waals surface area contributed by atoms with Gasteiger partial charge in [0, 0.05) is 23.6 Å². The molecule has 22 heavy (non-hydrogen) atoms. The molecule has 2 heteroatoms. The zero-order valence-corrected chi connectivity index (χ0v) is 13.0. The lowest BCUT2D eigenvalue weighted by Crippen LogP contribution is -2.07. The van der Waals surface area contributed by atoms with Crippen molar-refractivity contribution in [2.24, 2.45) is 5.92 Å². The van der Waals surface area contributed by atoms with Crippen LogP contribution in [0.3, 0.4) is 0 Å². The van der Waals surface area contributed by atoms with Crippen molar-refractivity contribution in [3.05, 3.63) is 72.6 Å². The lowest BCUT2D eigenvalue weighted by atomic mass is 9.91. The molecular formula is C20H20N2. The van der Waals surface area contributed by atoms with E-state index in [-0.39, 0.29) is 0 Å². The summed E-state index contributed by atoms with van der Waals surface area (Å²) in [4.78, 5) is 4.65. The first-order valence-corrected chi connectivity index (χ1v) is 7.89.